The number of aryl methyl sites for hydroxylation is 1. The zero-order chi connectivity index (χ0) is 24.2. The van der Waals surface area contributed by atoms with Crippen molar-refractivity contribution in [1.82, 2.24) is 15.1 Å². The number of benzene rings is 2. The lowest BCUT2D eigenvalue weighted by Gasteiger charge is -2.42. The molecule has 3 aromatic rings. The third-order valence-electron chi connectivity index (χ3n) is 6.59. The maximum atomic E-state index is 13.5. The van der Waals surface area contributed by atoms with Crippen LogP contribution in [0.1, 0.15) is 35.5 Å². The lowest BCUT2D eigenvalue weighted by atomic mass is 9.86. The summed E-state index contributed by atoms with van der Waals surface area (Å²) in [4.78, 5) is 15.4. The fourth-order valence-electron chi connectivity index (χ4n) is 4.79. The number of carbonyl (C=O) groups excluding carboxylic acids is 1. The second-order valence-electron chi connectivity index (χ2n) is 9.21. The average molecular weight is 565 g/mol. The van der Waals surface area contributed by atoms with Gasteiger partial charge in [-0.05, 0) is 78.0 Å². The van der Waals surface area contributed by atoms with Gasteiger partial charge >= 0.3 is 0 Å². The number of carbonyl (C=O) groups is 1. The quantitative estimate of drug-likeness (QED) is 0.386. The number of hydrogen-bond acceptors (Lipinski definition) is 4. The fraction of sp³-hybridized carbons (Fsp3) is 0.360. The molecule has 0 bridgehead atoms. The number of morpholine rings is 1. The standard InChI is InChI=1S/C25H24BrCl2N3O3/c1-25(2)12-34-7-6-31(25)24(32)23-15-5-4-13-10-20(33-3)16(11-17(13)22(15)29-30-23)14-8-18(27)21(26)19(28)9-14/h8-11H,4-7,12H2,1-3H3,(H,29,30). The Morgan fingerprint density at radius 3 is 2.59 bits per heavy atom. The van der Waals surface area contributed by atoms with Gasteiger partial charge in [-0.2, -0.15) is 5.10 Å². The number of aromatic amines is 1. The SMILES string of the molecule is COc1cc2c(cc1-c1cc(Cl)c(Br)c(Cl)c1)-c1n[nH]c(C(=O)N3CCOCC3(C)C)c1CC2. The van der Waals surface area contributed by atoms with Crippen LogP contribution in [-0.4, -0.2) is 53.4 Å². The van der Waals surface area contributed by atoms with Gasteiger partial charge in [0.2, 0.25) is 0 Å². The normalized spacial score (nSPS) is 16.7. The van der Waals surface area contributed by atoms with Gasteiger partial charge in [0.1, 0.15) is 11.4 Å². The minimum Gasteiger partial charge on any atom is -0.496 e. The number of halogens is 3. The van der Waals surface area contributed by atoms with E-state index in [-0.39, 0.29) is 11.4 Å². The number of fused-ring (bicyclic) bond motifs is 3. The Morgan fingerprint density at radius 1 is 1.18 bits per heavy atom. The van der Waals surface area contributed by atoms with Crippen molar-refractivity contribution in [2.24, 2.45) is 0 Å². The average Bonchev–Trinajstić information content (AvgIpc) is 3.25. The highest BCUT2D eigenvalue weighted by atomic mass is 79.9. The van der Waals surface area contributed by atoms with Crippen LogP contribution in [0.25, 0.3) is 22.4 Å². The number of nitrogens with one attached hydrogen (secondary N) is 1. The second kappa shape index (κ2) is 8.86. The molecule has 0 spiro atoms. The number of hydrogen-bond donors (Lipinski definition) is 1. The second-order valence-corrected chi connectivity index (χ2v) is 10.8. The molecule has 2 heterocycles. The molecule has 1 amide bonds. The van der Waals surface area contributed by atoms with Crippen molar-refractivity contribution in [3.05, 3.63) is 55.6 Å². The third-order valence-corrected chi connectivity index (χ3v) is 8.50. The van der Waals surface area contributed by atoms with Crippen molar-refractivity contribution < 1.29 is 14.3 Å². The molecule has 5 rings (SSSR count). The van der Waals surface area contributed by atoms with E-state index < -0.39 is 0 Å². The summed E-state index contributed by atoms with van der Waals surface area (Å²) in [6.45, 7) is 5.65. The van der Waals surface area contributed by atoms with Crippen molar-refractivity contribution in [2.45, 2.75) is 32.2 Å². The lowest BCUT2D eigenvalue weighted by molar-refractivity contribution is -0.0373. The molecule has 2 aromatic carbocycles. The molecule has 0 radical (unpaired) electrons. The summed E-state index contributed by atoms with van der Waals surface area (Å²) >= 11 is 16.2. The first-order chi connectivity index (χ1) is 16.2. The van der Waals surface area contributed by atoms with Crippen LogP contribution >= 0.6 is 39.1 Å². The minimum atomic E-state index is -0.374. The number of nitrogens with zero attached hydrogens (tertiary/aromatic N) is 2. The van der Waals surface area contributed by atoms with Crippen molar-refractivity contribution in [3.8, 4) is 28.1 Å². The minimum absolute atomic E-state index is 0.0364. The van der Waals surface area contributed by atoms with Crippen LogP contribution in [0.5, 0.6) is 5.75 Å². The molecule has 6 nitrogen and oxygen atoms in total. The number of methoxy groups -OCH3 is 1. The van der Waals surface area contributed by atoms with Gasteiger partial charge in [-0.25, -0.2) is 0 Å². The molecule has 1 saturated heterocycles. The zero-order valence-electron chi connectivity index (χ0n) is 19.1. The van der Waals surface area contributed by atoms with Gasteiger partial charge in [-0.3, -0.25) is 9.89 Å². The molecule has 2 aliphatic rings. The van der Waals surface area contributed by atoms with Gasteiger partial charge in [0.05, 0.1) is 46.1 Å². The van der Waals surface area contributed by atoms with Gasteiger partial charge in [0.25, 0.3) is 5.91 Å². The smallest absolute Gasteiger partial charge is 0.272 e. The predicted octanol–water partition coefficient (Wildman–Crippen LogP) is 6.17. The maximum Gasteiger partial charge on any atom is 0.272 e. The molecule has 1 aliphatic heterocycles. The van der Waals surface area contributed by atoms with Crippen molar-refractivity contribution in [2.75, 3.05) is 26.9 Å². The van der Waals surface area contributed by atoms with E-state index in [9.17, 15) is 4.79 Å². The van der Waals surface area contributed by atoms with E-state index in [2.05, 4.69) is 32.2 Å². The van der Waals surface area contributed by atoms with E-state index in [0.717, 1.165) is 52.1 Å². The van der Waals surface area contributed by atoms with E-state index in [1.807, 2.05) is 36.9 Å². The highest BCUT2D eigenvalue weighted by Gasteiger charge is 2.37. The Kier molecular flexibility index (Phi) is 6.17. The Morgan fingerprint density at radius 2 is 1.91 bits per heavy atom. The first kappa shape index (κ1) is 23.7. The summed E-state index contributed by atoms with van der Waals surface area (Å²) in [6, 6.07) is 7.80. The van der Waals surface area contributed by atoms with Crippen LogP contribution in [0.15, 0.2) is 28.7 Å². The van der Waals surface area contributed by atoms with E-state index in [0.29, 0.717) is 40.0 Å². The van der Waals surface area contributed by atoms with Crippen LogP contribution in [0.3, 0.4) is 0 Å². The van der Waals surface area contributed by atoms with E-state index in [1.54, 1.807) is 7.11 Å². The number of H-pyrrole nitrogens is 1. The van der Waals surface area contributed by atoms with Gasteiger partial charge in [0.15, 0.2) is 0 Å². The van der Waals surface area contributed by atoms with Gasteiger partial charge in [0, 0.05) is 23.2 Å². The maximum absolute atomic E-state index is 13.5. The zero-order valence-corrected chi connectivity index (χ0v) is 22.2. The summed E-state index contributed by atoms with van der Waals surface area (Å²) in [5, 5.41) is 8.68. The monoisotopic (exact) mass is 563 g/mol. The molecular formula is C25H24BrCl2N3O3. The van der Waals surface area contributed by atoms with Crippen molar-refractivity contribution >= 4 is 45.0 Å². The summed E-state index contributed by atoms with van der Waals surface area (Å²) in [7, 11) is 1.65. The predicted molar refractivity (Wildman–Crippen MR) is 137 cm³/mol. The van der Waals surface area contributed by atoms with E-state index in [4.69, 9.17) is 32.7 Å². The molecule has 34 heavy (non-hydrogen) atoms. The topological polar surface area (TPSA) is 67.5 Å². The summed E-state index contributed by atoms with van der Waals surface area (Å²) < 4.78 is 12.0. The lowest BCUT2D eigenvalue weighted by Crippen LogP contribution is -2.55. The van der Waals surface area contributed by atoms with Crippen molar-refractivity contribution in [3.63, 3.8) is 0 Å². The number of rotatable bonds is 3. The van der Waals surface area contributed by atoms with Crippen LogP contribution in [0.2, 0.25) is 10.0 Å². The largest absolute Gasteiger partial charge is 0.496 e. The first-order valence-corrected chi connectivity index (χ1v) is 12.6. The molecule has 1 aromatic heterocycles. The van der Waals surface area contributed by atoms with E-state index >= 15 is 0 Å². The highest BCUT2D eigenvalue weighted by molar-refractivity contribution is 9.10. The van der Waals surface area contributed by atoms with Gasteiger partial charge < -0.3 is 14.4 Å². The Bertz CT molecular complexity index is 1280. The Balaban J connectivity index is 1.59. The molecule has 178 valence electrons. The van der Waals surface area contributed by atoms with Crippen LogP contribution < -0.4 is 4.74 Å². The number of ether oxygens (including phenoxy) is 2. The third kappa shape index (κ3) is 3.92. The van der Waals surface area contributed by atoms with E-state index in [1.165, 1.54) is 0 Å². The fourth-order valence-corrected chi connectivity index (χ4v) is 5.51. The summed E-state index contributed by atoms with van der Waals surface area (Å²) in [5.74, 6) is 0.698. The first-order valence-electron chi connectivity index (χ1n) is 11.0. The van der Waals surface area contributed by atoms with Gasteiger partial charge in [-0.1, -0.05) is 23.2 Å². The Labute approximate surface area is 216 Å². The molecule has 9 heteroatoms. The van der Waals surface area contributed by atoms with Crippen LogP contribution in [0.4, 0.5) is 0 Å². The summed E-state index contributed by atoms with van der Waals surface area (Å²) in [5.41, 5.74) is 5.73. The molecule has 1 N–H and O–H groups in total. The molecule has 0 unspecified atom stereocenters. The molecule has 0 saturated carbocycles. The highest BCUT2D eigenvalue weighted by Crippen LogP contribution is 2.43. The number of amides is 1. The number of aromatic nitrogens is 2. The van der Waals surface area contributed by atoms with Crippen LogP contribution in [0, 0.1) is 0 Å². The molecule has 0 atom stereocenters. The van der Waals surface area contributed by atoms with Gasteiger partial charge in [-0.15, -0.1) is 0 Å². The van der Waals surface area contributed by atoms with Crippen molar-refractivity contribution in [1.29, 1.82) is 0 Å². The molecule has 1 fully saturated rings. The van der Waals surface area contributed by atoms with Crippen LogP contribution in [-0.2, 0) is 17.6 Å². The summed E-state index contributed by atoms with van der Waals surface area (Å²) in [6.07, 6.45) is 1.51. The molecular weight excluding hydrogens is 541 g/mol. The Hall–Kier alpha value is -2.06. The molecule has 1 aliphatic carbocycles.